The van der Waals surface area contributed by atoms with E-state index in [2.05, 4.69) is 10.1 Å². The SMILES string of the molecule is Cn1nccc1C(O)c1cccnc1N. The summed E-state index contributed by atoms with van der Waals surface area (Å²) < 4.78 is 1.61. The first-order valence-electron chi connectivity index (χ1n) is 4.56. The van der Waals surface area contributed by atoms with Crippen molar-refractivity contribution < 1.29 is 5.11 Å². The number of aromatic nitrogens is 3. The Balaban J connectivity index is 2.41. The van der Waals surface area contributed by atoms with Gasteiger partial charge in [0, 0.05) is 25.0 Å². The molecule has 0 saturated heterocycles. The fourth-order valence-corrected chi connectivity index (χ4v) is 1.47. The number of aliphatic hydroxyl groups excluding tert-OH is 1. The third kappa shape index (κ3) is 1.69. The lowest BCUT2D eigenvalue weighted by molar-refractivity contribution is 0.210. The van der Waals surface area contributed by atoms with Gasteiger partial charge in [-0.25, -0.2) is 4.98 Å². The molecule has 0 aliphatic heterocycles. The molecule has 0 amide bonds. The lowest BCUT2D eigenvalue weighted by Crippen LogP contribution is -2.09. The monoisotopic (exact) mass is 204 g/mol. The van der Waals surface area contributed by atoms with Crippen molar-refractivity contribution in [2.24, 2.45) is 7.05 Å². The van der Waals surface area contributed by atoms with Crippen molar-refractivity contribution in [1.29, 1.82) is 0 Å². The number of hydrogen-bond donors (Lipinski definition) is 2. The Morgan fingerprint density at radius 2 is 2.20 bits per heavy atom. The van der Waals surface area contributed by atoms with Crippen molar-refractivity contribution >= 4 is 5.82 Å². The van der Waals surface area contributed by atoms with Gasteiger partial charge in [-0.3, -0.25) is 4.68 Å². The van der Waals surface area contributed by atoms with Crippen LogP contribution in [-0.4, -0.2) is 19.9 Å². The molecule has 2 heterocycles. The van der Waals surface area contributed by atoms with Crippen LogP contribution in [0.15, 0.2) is 30.6 Å². The zero-order valence-electron chi connectivity index (χ0n) is 8.33. The predicted octanol–water partition coefficient (Wildman–Crippen LogP) is 0.479. The molecule has 1 atom stereocenters. The van der Waals surface area contributed by atoms with Gasteiger partial charge in [0.15, 0.2) is 0 Å². The van der Waals surface area contributed by atoms with Crippen molar-refractivity contribution in [3.05, 3.63) is 41.9 Å². The Morgan fingerprint density at radius 1 is 1.40 bits per heavy atom. The lowest BCUT2D eigenvalue weighted by Gasteiger charge is -2.12. The van der Waals surface area contributed by atoms with Crippen LogP contribution in [-0.2, 0) is 7.05 Å². The second-order valence-corrected chi connectivity index (χ2v) is 3.26. The minimum Gasteiger partial charge on any atom is -0.383 e. The highest BCUT2D eigenvalue weighted by atomic mass is 16.3. The molecule has 0 saturated carbocycles. The first-order chi connectivity index (χ1) is 7.20. The maximum absolute atomic E-state index is 10.1. The summed E-state index contributed by atoms with van der Waals surface area (Å²) in [4.78, 5) is 3.93. The second-order valence-electron chi connectivity index (χ2n) is 3.26. The van der Waals surface area contributed by atoms with Gasteiger partial charge in [0.2, 0.25) is 0 Å². The summed E-state index contributed by atoms with van der Waals surface area (Å²) in [7, 11) is 1.77. The molecule has 15 heavy (non-hydrogen) atoms. The highest BCUT2D eigenvalue weighted by Crippen LogP contribution is 2.24. The smallest absolute Gasteiger partial charge is 0.129 e. The Bertz CT molecular complexity index is 466. The number of rotatable bonds is 2. The van der Waals surface area contributed by atoms with E-state index in [1.54, 1.807) is 42.3 Å². The summed E-state index contributed by atoms with van der Waals surface area (Å²) in [6, 6.07) is 5.24. The third-order valence-corrected chi connectivity index (χ3v) is 2.30. The van der Waals surface area contributed by atoms with Gasteiger partial charge in [0.05, 0.1) is 5.69 Å². The van der Waals surface area contributed by atoms with E-state index in [4.69, 9.17) is 5.73 Å². The molecule has 0 aliphatic carbocycles. The van der Waals surface area contributed by atoms with Gasteiger partial charge in [-0.1, -0.05) is 6.07 Å². The van der Waals surface area contributed by atoms with Gasteiger partial charge in [-0.05, 0) is 12.1 Å². The second kappa shape index (κ2) is 3.70. The average molecular weight is 204 g/mol. The molecule has 2 aromatic heterocycles. The van der Waals surface area contributed by atoms with Crippen LogP contribution < -0.4 is 5.73 Å². The third-order valence-electron chi connectivity index (χ3n) is 2.30. The summed E-state index contributed by atoms with van der Waals surface area (Å²) in [6.07, 6.45) is 2.44. The van der Waals surface area contributed by atoms with Crippen molar-refractivity contribution in [1.82, 2.24) is 14.8 Å². The molecule has 5 heteroatoms. The normalized spacial score (nSPS) is 12.7. The minimum absolute atomic E-state index is 0.339. The lowest BCUT2D eigenvalue weighted by atomic mass is 10.1. The van der Waals surface area contributed by atoms with E-state index in [0.29, 0.717) is 17.1 Å². The van der Waals surface area contributed by atoms with E-state index in [-0.39, 0.29) is 0 Å². The molecule has 5 nitrogen and oxygen atoms in total. The summed E-state index contributed by atoms with van der Waals surface area (Å²) in [5, 5.41) is 14.0. The maximum Gasteiger partial charge on any atom is 0.129 e. The highest BCUT2D eigenvalue weighted by Gasteiger charge is 2.16. The number of nitrogens with two attached hydrogens (primary N) is 1. The topological polar surface area (TPSA) is 77.0 Å². The minimum atomic E-state index is -0.786. The Hall–Kier alpha value is -1.88. The average Bonchev–Trinajstić information content (AvgIpc) is 2.64. The molecule has 0 bridgehead atoms. The van der Waals surface area contributed by atoms with Gasteiger partial charge in [-0.15, -0.1) is 0 Å². The predicted molar refractivity (Wildman–Crippen MR) is 55.9 cm³/mol. The van der Waals surface area contributed by atoms with Gasteiger partial charge >= 0.3 is 0 Å². The van der Waals surface area contributed by atoms with E-state index < -0.39 is 6.10 Å². The molecule has 2 aromatic rings. The molecular weight excluding hydrogens is 192 g/mol. The quantitative estimate of drug-likeness (QED) is 0.745. The molecule has 78 valence electrons. The van der Waals surface area contributed by atoms with Crippen LogP contribution in [0, 0.1) is 0 Å². The van der Waals surface area contributed by atoms with Crippen LogP contribution in [0.1, 0.15) is 17.4 Å². The summed E-state index contributed by atoms with van der Waals surface area (Å²) in [5.74, 6) is 0.339. The molecule has 2 rings (SSSR count). The van der Waals surface area contributed by atoms with Crippen LogP contribution in [0.2, 0.25) is 0 Å². The zero-order valence-corrected chi connectivity index (χ0v) is 8.33. The number of aliphatic hydroxyl groups is 1. The van der Waals surface area contributed by atoms with Crippen LogP contribution in [0.3, 0.4) is 0 Å². The molecule has 3 N–H and O–H groups in total. The molecule has 0 spiro atoms. The molecule has 0 aliphatic rings. The zero-order chi connectivity index (χ0) is 10.8. The van der Waals surface area contributed by atoms with Crippen molar-refractivity contribution in [2.45, 2.75) is 6.10 Å². The summed E-state index contributed by atoms with van der Waals surface area (Å²) in [5.41, 5.74) is 6.96. The fraction of sp³-hybridized carbons (Fsp3) is 0.200. The Kier molecular flexibility index (Phi) is 2.39. The van der Waals surface area contributed by atoms with Crippen LogP contribution in [0.25, 0.3) is 0 Å². The van der Waals surface area contributed by atoms with E-state index in [9.17, 15) is 5.11 Å². The van der Waals surface area contributed by atoms with E-state index in [0.717, 1.165) is 0 Å². The van der Waals surface area contributed by atoms with Gasteiger partial charge in [-0.2, -0.15) is 5.10 Å². The number of hydrogen-bond acceptors (Lipinski definition) is 4. The molecule has 0 fully saturated rings. The van der Waals surface area contributed by atoms with Crippen LogP contribution >= 0.6 is 0 Å². The Morgan fingerprint density at radius 3 is 2.80 bits per heavy atom. The van der Waals surface area contributed by atoms with Crippen LogP contribution in [0.4, 0.5) is 5.82 Å². The summed E-state index contributed by atoms with van der Waals surface area (Å²) >= 11 is 0. The first kappa shape index (κ1) is 9.67. The number of aryl methyl sites for hydroxylation is 1. The van der Waals surface area contributed by atoms with E-state index in [1.165, 1.54) is 0 Å². The van der Waals surface area contributed by atoms with E-state index in [1.807, 2.05) is 0 Å². The first-order valence-corrected chi connectivity index (χ1v) is 4.56. The number of anilines is 1. The largest absolute Gasteiger partial charge is 0.383 e. The Labute approximate surface area is 87.2 Å². The summed E-state index contributed by atoms with van der Waals surface area (Å²) in [6.45, 7) is 0. The number of nitrogens with zero attached hydrogens (tertiary/aromatic N) is 3. The van der Waals surface area contributed by atoms with Gasteiger partial charge in [0.1, 0.15) is 11.9 Å². The van der Waals surface area contributed by atoms with Gasteiger partial charge < -0.3 is 10.8 Å². The molecule has 0 radical (unpaired) electrons. The van der Waals surface area contributed by atoms with Crippen LogP contribution in [0.5, 0.6) is 0 Å². The van der Waals surface area contributed by atoms with E-state index >= 15 is 0 Å². The highest BCUT2D eigenvalue weighted by molar-refractivity contribution is 5.42. The molecular formula is C10H12N4O. The van der Waals surface area contributed by atoms with Crippen molar-refractivity contribution in [3.8, 4) is 0 Å². The van der Waals surface area contributed by atoms with Gasteiger partial charge in [0.25, 0.3) is 0 Å². The number of nitrogen functional groups attached to an aromatic ring is 1. The van der Waals surface area contributed by atoms with Crippen molar-refractivity contribution in [2.75, 3.05) is 5.73 Å². The molecule has 0 aromatic carbocycles. The molecule has 1 unspecified atom stereocenters. The van der Waals surface area contributed by atoms with Crippen molar-refractivity contribution in [3.63, 3.8) is 0 Å². The standard InChI is InChI=1S/C10H12N4O/c1-14-8(4-6-13-14)9(15)7-3-2-5-12-10(7)11/h2-6,9,15H,1H3,(H2,11,12). The maximum atomic E-state index is 10.1. The number of pyridine rings is 1. The fourth-order valence-electron chi connectivity index (χ4n) is 1.47.